The molecule has 4 heterocycles. The molecule has 1 aliphatic heterocycles. The van der Waals surface area contributed by atoms with Gasteiger partial charge in [0.2, 0.25) is 5.88 Å². The molecule has 0 radical (unpaired) electrons. The number of halogens is 1. The molecule has 9 nitrogen and oxygen atoms in total. The highest BCUT2D eigenvalue weighted by Crippen LogP contribution is 2.27. The summed E-state index contributed by atoms with van der Waals surface area (Å²) in [6.45, 7) is 2.50. The van der Waals surface area contributed by atoms with Crippen molar-refractivity contribution >= 4 is 22.5 Å². The molecular formula is C30H27FN6O3. The van der Waals surface area contributed by atoms with Gasteiger partial charge in [0.05, 0.1) is 23.5 Å². The van der Waals surface area contributed by atoms with Gasteiger partial charge in [-0.25, -0.2) is 9.37 Å². The third kappa shape index (κ3) is 5.68. The Kier molecular flexibility index (Phi) is 7.17. The normalized spacial score (nSPS) is 14.3. The van der Waals surface area contributed by atoms with Gasteiger partial charge in [0.25, 0.3) is 5.91 Å². The summed E-state index contributed by atoms with van der Waals surface area (Å²) in [5, 5.41) is 20.4. The van der Waals surface area contributed by atoms with Crippen molar-refractivity contribution in [2.75, 3.05) is 18.4 Å². The largest absolute Gasteiger partial charge is 0.436 e. The highest BCUT2D eigenvalue weighted by atomic mass is 19.1. The molecule has 1 saturated heterocycles. The van der Waals surface area contributed by atoms with Crippen LogP contribution in [0.5, 0.6) is 11.6 Å². The summed E-state index contributed by atoms with van der Waals surface area (Å²) in [6, 6.07) is 17.1. The van der Waals surface area contributed by atoms with Crippen LogP contribution in [0.3, 0.4) is 0 Å². The number of carbonyl (C=O) groups excluding carboxylic acids is 1. The smallest absolute Gasteiger partial charge is 0.276 e. The number of rotatable bonds is 7. The standard InChI is InChI=1S/C30H27FN6O3/c31-25-3-1-2-4-27(25)40-28-8-6-22(17-33-28)34-30(39)29-24-14-20(5-7-26(24)35-36-29)21-13-19(15-32-16-21)18-37-11-9-23(38)10-12-37/h1-8,13-17,23,38H,9-12,18H2,(H,34,39)(H,35,36). The number of anilines is 1. The number of hydrogen-bond acceptors (Lipinski definition) is 7. The summed E-state index contributed by atoms with van der Waals surface area (Å²) < 4.78 is 19.3. The Bertz CT molecular complexity index is 1650. The summed E-state index contributed by atoms with van der Waals surface area (Å²) in [5.41, 5.74) is 4.38. The van der Waals surface area contributed by atoms with Gasteiger partial charge >= 0.3 is 0 Å². The van der Waals surface area contributed by atoms with Crippen LogP contribution in [0.25, 0.3) is 22.0 Å². The molecule has 10 heteroatoms. The van der Waals surface area contributed by atoms with Crippen LogP contribution < -0.4 is 10.1 Å². The Morgan fingerprint density at radius 1 is 1.05 bits per heavy atom. The maximum absolute atomic E-state index is 13.8. The quantitative estimate of drug-likeness (QED) is 0.262. The number of H-pyrrole nitrogens is 1. The van der Waals surface area contributed by atoms with Gasteiger partial charge in [-0.3, -0.25) is 19.8 Å². The number of aliphatic hydroxyl groups is 1. The van der Waals surface area contributed by atoms with E-state index < -0.39 is 11.7 Å². The van der Waals surface area contributed by atoms with E-state index in [9.17, 15) is 14.3 Å². The minimum Gasteiger partial charge on any atom is -0.436 e. The lowest BCUT2D eigenvalue weighted by atomic mass is 10.0. The molecule has 1 amide bonds. The third-order valence-electron chi connectivity index (χ3n) is 6.91. The third-order valence-corrected chi connectivity index (χ3v) is 6.91. The number of aromatic nitrogens is 4. The van der Waals surface area contributed by atoms with Crippen molar-refractivity contribution in [3.8, 4) is 22.8 Å². The molecular weight excluding hydrogens is 511 g/mol. The van der Waals surface area contributed by atoms with Crippen molar-refractivity contribution in [3.05, 3.63) is 96.3 Å². The van der Waals surface area contributed by atoms with E-state index >= 15 is 0 Å². The molecule has 0 atom stereocenters. The van der Waals surface area contributed by atoms with Crippen molar-refractivity contribution in [1.29, 1.82) is 0 Å². The van der Waals surface area contributed by atoms with E-state index in [4.69, 9.17) is 4.74 Å². The molecule has 0 spiro atoms. The fraction of sp³-hybridized carbons (Fsp3) is 0.200. The second kappa shape index (κ2) is 11.2. The Morgan fingerprint density at radius 3 is 2.70 bits per heavy atom. The molecule has 5 aromatic rings. The minimum absolute atomic E-state index is 0.0673. The van der Waals surface area contributed by atoms with Gasteiger partial charge in [-0.2, -0.15) is 5.10 Å². The fourth-order valence-corrected chi connectivity index (χ4v) is 4.78. The molecule has 0 saturated carbocycles. The van der Waals surface area contributed by atoms with Crippen LogP contribution in [0.15, 0.2) is 79.3 Å². The number of piperidine rings is 1. The predicted octanol–water partition coefficient (Wildman–Crippen LogP) is 5.16. The second-order valence-corrected chi connectivity index (χ2v) is 9.79. The summed E-state index contributed by atoms with van der Waals surface area (Å²) in [4.78, 5) is 24.0. The van der Waals surface area contributed by atoms with E-state index in [1.165, 1.54) is 18.3 Å². The lowest BCUT2D eigenvalue weighted by Crippen LogP contribution is -2.35. The maximum Gasteiger partial charge on any atom is 0.276 e. The SMILES string of the molecule is O=C(Nc1ccc(Oc2ccccc2F)nc1)c1n[nH]c2ccc(-c3cncc(CN4CCC(O)CC4)c3)cc12. The summed E-state index contributed by atoms with van der Waals surface area (Å²) >= 11 is 0. The van der Waals surface area contributed by atoms with Gasteiger partial charge in [-0.05, 0) is 60.4 Å². The number of carbonyl (C=O) groups is 1. The number of nitrogens with zero attached hydrogens (tertiary/aromatic N) is 4. The van der Waals surface area contributed by atoms with Gasteiger partial charge in [-0.15, -0.1) is 0 Å². The van der Waals surface area contributed by atoms with Crippen molar-refractivity contribution in [2.24, 2.45) is 0 Å². The molecule has 3 N–H and O–H groups in total. The van der Waals surface area contributed by atoms with Gasteiger partial charge in [0, 0.05) is 49.0 Å². The monoisotopic (exact) mass is 538 g/mol. The van der Waals surface area contributed by atoms with E-state index in [2.05, 4.69) is 36.4 Å². The number of benzene rings is 2. The lowest BCUT2D eigenvalue weighted by molar-refractivity contribution is 0.0792. The lowest BCUT2D eigenvalue weighted by Gasteiger charge is -2.29. The van der Waals surface area contributed by atoms with Gasteiger partial charge in [0.15, 0.2) is 17.3 Å². The molecule has 1 aliphatic rings. The van der Waals surface area contributed by atoms with Crippen LogP contribution in [0.1, 0.15) is 28.9 Å². The molecule has 0 unspecified atom stereocenters. The Balaban J connectivity index is 1.17. The molecule has 2 aromatic carbocycles. The highest BCUT2D eigenvalue weighted by Gasteiger charge is 2.18. The predicted molar refractivity (Wildman–Crippen MR) is 149 cm³/mol. The minimum atomic E-state index is -0.489. The van der Waals surface area contributed by atoms with E-state index in [-0.39, 0.29) is 23.4 Å². The summed E-state index contributed by atoms with van der Waals surface area (Å²) in [6.07, 6.45) is 6.48. The fourth-order valence-electron chi connectivity index (χ4n) is 4.78. The first kappa shape index (κ1) is 25.6. The molecule has 0 bridgehead atoms. The van der Waals surface area contributed by atoms with Crippen LogP contribution in [0.2, 0.25) is 0 Å². The second-order valence-electron chi connectivity index (χ2n) is 9.79. The van der Waals surface area contributed by atoms with E-state index in [0.717, 1.165) is 54.7 Å². The highest BCUT2D eigenvalue weighted by molar-refractivity contribution is 6.11. The zero-order valence-corrected chi connectivity index (χ0v) is 21.5. The number of amides is 1. The number of likely N-dealkylation sites (tertiary alicyclic amines) is 1. The van der Waals surface area contributed by atoms with Crippen LogP contribution in [-0.2, 0) is 6.54 Å². The average Bonchev–Trinajstić information content (AvgIpc) is 3.40. The number of pyridine rings is 2. The topological polar surface area (TPSA) is 116 Å². The number of fused-ring (bicyclic) bond motifs is 1. The van der Waals surface area contributed by atoms with Crippen LogP contribution in [-0.4, -0.2) is 55.3 Å². The van der Waals surface area contributed by atoms with Crippen LogP contribution in [0, 0.1) is 5.82 Å². The van der Waals surface area contributed by atoms with Crippen molar-refractivity contribution in [2.45, 2.75) is 25.5 Å². The molecule has 1 fully saturated rings. The molecule has 40 heavy (non-hydrogen) atoms. The van der Waals surface area contributed by atoms with Crippen LogP contribution >= 0.6 is 0 Å². The maximum atomic E-state index is 13.8. The van der Waals surface area contributed by atoms with Crippen molar-refractivity contribution in [3.63, 3.8) is 0 Å². The number of aliphatic hydroxyl groups excluding tert-OH is 1. The summed E-state index contributed by atoms with van der Waals surface area (Å²) in [7, 11) is 0. The number of aromatic amines is 1. The van der Waals surface area contributed by atoms with Crippen molar-refractivity contribution < 1.29 is 19.0 Å². The zero-order valence-electron chi connectivity index (χ0n) is 21.5. The van der Waals surface area contributed by atoms with Crippen LogP contribution in [0.4, 0.5) is 10.1 Å². The number of hydrogen-bond donors (Lipinski definition) is 3. The van der Waals surface area contributed by atoms with E-state index in [1.54, 1.807) is 30.5 Å². The van der Waals surface area contributed by atoms with Crippen molar-refractivity contribution in [1.82, 2.24) is 25.1 Å². The molecule has 0 aliphatic carbocycles. The number of para-hydroxylation sites is 1. The Morgan fingerprint density at radius 2 is 1.90 bits per heavy atom. The summed E-state index contributed by atoms with van der Waals surface area (Å²) in [5.74, 6) is -0.617. The number of ether oxygens (including phenoxy) is 1. The molecule has 202 valence electrons. The first-order valence-electron chi connectivity index (χ1n) is 13.0. The molecule has 3 aromatic heterocycles. The Labute approximate surface area is 229 Å². The van der Waals surface area contributed by atoms with Gasteiger partial charge in [0.1, 0.15) is 0 Å². The van der Waals surface area contributed by atoms with E-state index in [1.807, 2.05) is 24.4 Å². The zero-order chi connectivity index (χ0) is 27.5. The molecule has 6 rings (SSSR count). The number of nitrogens with one attached hydrogen (secondary N) is 2. The average molecular weight is 539 g/mol. The first-order chi connectivity index (χ1) is 19.5. The Hall–Kier alpha value is -4.67. The van der Waals surface area contributed by atoms with Gasteiger partial charge < -0.3 is 15.2 Å². The first-order valence-corrected chi connectivity index (χ1v) is 13.0. The van der Waals surface area contributed by atoms with E-state index in [0.29, 0.717) is 11.1 Å². The van der Waals surface area contributed by atoms with Gasteiger partial charge in [-0.1, -0.05) is 18.2 Å².